The van der Waals surface area contributed by atoms with Crippen molar-refractivity contribution in [2.24, 2.45) is 0 Å². The SMILES string of the molecule is Cc1cccc(C)c1NC(=O)[C@@H](C)OC(=O)/C=C/c1c(Cl)nc2ccccn12. The van der Waals surface area contributed by atoms with Crippen molar-refractivity contribution in [3.05, 3.63) is 70.6 Å². The molecule has 28 heavy (non-hydrogen) atoms. The van der Waals surface area contributed by atoms with E-state index in [4.69, 9.17) is 16.3 Å². The molecule has 3 aromatic rings. The lowest BCUT2D eigenvalue weighted by Crippen LogP contribution is -2.30. The van der Waals surface area contributed by atoms with Gasteiger partial charge in [0, 0.05) is 18.0 Å². The van der Waals surface area contributed by atoms with E-state index in [0.29, 0.717) is 11.3 Å². The van der Waals surface area contributed by atoms with Gasteiger partial charge < -0.3 is 10.1 Å². The first-order chi connectivity index (χ1) is 13.4. The van der Waals surface area contributed by atoms with Crippen LogP contribution in [0.2, 0.25) is 5.15 Å². The van der Waals surface area contributed by atoms with E-state index in [-0.39, 0.29) is 5.15 Å². The number of imidazole rings is 1. The standard InChI is InChI=1S/C21H20ClN3O3/c1-13-7-6-8-14(2)19(13)24-21(27)15(3)28-18(26)11-10-16-20(22)23-17-9-4-5-12-25(16)17/h4-12,15H,1-3H3,(H,24,27)/b11-10+/t15-/m1/s1. The van der Waals surface area contributed by atoms with Gasteiger partial charge in [-0.05, 0) is 50.1 Å². The molecule has 2 heterocycles. The van der Waals surface area contributed by atoms with Crippen molar-refractivity contribution in [1.29, 1.82) is 0 Å². The summed E-state index contributed by atoms with van der Waals surface area (Å²) in [4.78, 5) is 28.7. The van der Waals surface area contributed by atoms with Gasteiger partial charge in [-0.3, -0.25) is 9.20 Å². The normalized spacial score (nSPS) is 12.3. The number of pyridine rings is 1. The second-order valence-corrected chi connectivity index (χ2v) is 6.74. The number of anilines is 1. The maximum absolute atomic E-state index is 12.4. The summed E-state index contributed by atoms with van der Waals surface area (Å²) in [5, 5.41) is 3.09. The van der Waals surface area contributed by atoms with Gasteiger partial charge in [-0.25, -0.2) is 9.78 Å². The fourth-order valence-corrected chi connectivity index (χ4v) is 3.03. The number of para-hydroxylation sites is 1. The molecule has 0 aliphatic rings. The lowest BCUT2D eigenvalue weighted by molar-refractivity contribution is -0.148. The van der Waals surface area contributed by atoms with E-state index in [9.17, 15) is 9.59 Å². The number of carbonyl (C=O) groups is 2. The largest absolute Gasteiger partial charge is 0.449 e. The summed E-state index contributed by atoms with van der Waals surface area (Å²) >= 11 is 6.13. The Kier molecular flexibility index (Phi) is 5.80. The van der Waals surface area contributed by atoms with Crippen LogP contribution in [0.4, 0.5) is 5.69 Å². The second-order valence-electron chi connectivity index (χ2n) is 6.39. The van der Waals surface area contributed by atoms with E-state index >= 15 is 0 Å². The Labute approximate surface area is 167 Å². The minimum atomic E-state index is -0.950. The monoisotopic (exact) mass is 397 g/mol. The van der Waals surface area contributed by atoms with Gasteiger partial charge in [0.1, 0.15) is 5.65 Å². The van der Waals surface area contributed by atoms with Crippen LogP contribution < -0.4 is 5.32 Å². The van der Waals surface area contributed by atoms with Crippen molar-refractivity contribution < 1.29 is 14.3 Å². The highest BCUT2D eigenvalue weighted by Gasteiger charge is 2.18. The average Bonchev–Trinajstić information content (AvgIpc) is 2.98. The van der Waals surface area contributed by atoms with Crippen molar-refractivity contribution in [3.63, 3.8) is 0 Å². The van der Waals surface area contributed by atoms with Gasteiger partial charge in [0.2, 0.25) is 0 Å². The molecule has 0 unspecified atom stereocenters. The van der Waals surface area contributed by atoms with E-state index in [2.05, 4.69) is 10.3 Å². The number of fused-ring (bicyclic) bond motifs is 1. The first-order valence-corrected chi connectivity index (χ1v) is 9.13. The summed E-state index contributed by atoms with van der Waals surface area (Å²) in [6.45, 7) is 5.33. The van der Waals surface area contributed by atoms with Crippen LogP contribution in [0.1, 0.15) is 23.7 Å². The Morgan fingerprint density at radius 3 is 2.61 bits per heavy atom. The van der Waals surface area contributed by atoms with Gasteiger partial charge in [0.25, 0.3) is 5.91 Å². The number of amides is 1. The molecule has 0 radical (unpaired) electrons. The summed E-state index contributed by atoms with van der Waals surface area (Å²) in [5.41, 5.74) is 3.83. The first-order valence-electron chi connectivity index (χ1n) is 8.75. The highest BCUT2D eigenvalue weighted by molar-refractivity contribution is 6.31. The highest BCUT2D eigenvalue weighted by atomic mass is 35.5. The third-order valence-corrected chi connectivity index (χ3v) is 4.57. The van der Waals surface area contributed by atoms with Crippen molar-refractivity contribution in [2.45, 2.75) is 26.9 Å². The van der Waals surface area contributed by atoms with Crippen molar-refractivity contribution in [1.82, 2.24) is 9.38 Å². The van der Waals surface area contributed by atoms with E-state index in [1.165, 1.54) is 19.1 Å². The van der Waals surface area contributed by atoms with Crippen LogP contribution in [-0.2, 0) is 14.3 Å². The zero-order chi connectivity index (χ0) is 20.3. The number of nitrogens with one attached hydrogen (secondary N) is 1. The number of aromatic nitrogens is 2. The molecule has 0 spiro atoms. The maximum atomic E-state index is 12.4. The summed E-state index contributed by atoms with van der Waals surface area (Å²) in [6, 6.07) is 11.2. The fourth-order valence-electron chi connectivity index (χ4n) is 2.79. The number of nitrogens with zero attached hydrogens (tertiary/aromatic N) is 2. The number of halogens is 1. The molecule has 1 aromatic carbocycles. The second kappa shape index (κ2) is 8.27. The number of hydrogen-bond donors (Lipinski definition) is 1. The minimum absolute atomic E-state index is 0.274. The number of ether oxygens (including phenoxy) is 1. The molecule has 0 aliphatic heterocycles. The molecule has 3 rings (SSSR count). The Morgan fingerprint density at radius 1 is 1.18 bits per heavy atom. The van der Waals surface area contributed by atoms with E-state index < -0.39 is 18.0 Å². The molecule has 1 atom stereocenters. The fraction of sp³-hybridized carbons (Fsp3) is 0.190. The quantitative estimate of drug-likeness (QED) is 0.517. The van der Waals surface area contributed by atoms with Crippen LogP contribution >= 0.6 is 11.6 Å². The number of hydrogen-bond acceptors (Lipinski definition) is 4. The van der Waals surface area contributed by atoms with Crippen LogP contribution in [-0.4, -0.2) is 27.4 Å². The summed E-state index contributed by atoms with van der Waals surface area (Å²) in [5.74, 6) is -1.04. The molecule has 1 amide bonds. The number of carbonyl (C=O) groups excluding carboxylic acids is 2. The predicted molar refractivity (Wildman–Crippen MR) is 109 cm³/mol. The van der Waals surface area contributed by atoms with Gasteiger partial charge in [-0.15, -0.1) is 0 Å². The van der Waals surface area contributed by atoms with Crippen molar-refractivity contribution in [3.8, 4) is 0 Å². The molecular formula is C21H20ClN3O3. The third-order valence-electron chi connectivity index (χ3n) is 4.29. The van der Waals surface area contributed by atoms with Gasteiger partial charge in [0.05, 0.1) is 5.69 Å². The third kappa shape index (κ3) is 4.23. The zero-order valence-corrected chi connectivity index (χ0v) is 16.5. The Hall–Kier alpha value is -3.12. The van der Waals surface area contributed by atoms with Gasteiger partial charge >= 0.3 is 5.97 Å². The average molecular weight is 398 g/mol. The van der Waals surface area contributed by atoms with Crippen molar-refractivity contribution in [2.75, 3.05) is 5.32 Å². The molecule has 144 valence electrons. The lowest BCUT2D eigenvalue weighted by atomic mass is 10.1. The number of aryl methyl sites for hydroxylation is 2. The topological polar surface area (TPSA) is 72.7 Å². The predicted octanol–water partition coefficient (Wildman–Crippen LogP) is 4.19. The summed E-state index contributed by atoms with van der Waals surface area (Å²) in [6.07, 6.45) is 3.58. The van der Waals surface area contributed by atoms with Crippen LogP contribution in [0.25, 0.3) is 11.7 Å². The molecule has 0 saturated carbocycles. The first kappa shape index (κ1) is 19.6. The molecule has 1 N–H and O–H groups in total. The summed E-state index contributed by atoms with van der Waals surface area (Å²) in [7, 11) is 0. The lowest BCUT2D eigenvalue weighted by Gasteiger charge is -2.15. The smallest absolute Gasteiger partial charge is 0.331 e. The number of benzene rings is 1. The van der Waals surface area contributed by atoms with E-state index in [1.54, 1.807) is 10.6 Å². The summed E-state index contributed by atoms with van der Waals surface area (Å²) < 4.78 is 6.96. The number of esters is 1. The van der Waals surface area contributed by atoms with Gasteiger partial charge in [-0.2, -0.15) is 0 Å². The molecule has 6 nitrogen and oxygen atoms in total. The van der Waals surface area contributed by atoms with Crippen LogP contribution in [0.3, 0.4) is 0 Å². The van der Waals surface area contributed by atoms with E-state index in [1.807, 2.05) is 50.2 Å². The van der Waals surface area contributed by atoms with Gasteiger partial charge in [0.15, 0.2) is 11.3 Å². The van der Waals surface area contributed by atoms with Crippen LogP contribution in [0.15, 0.2) is 48.7 Å². The molecule has 2 aromatic heterocycles. The molecule has 0 aliphatic carbocycles. The van der Waals surface area contributed by atoms with Crippen molar-refractivity contribution >= 4 is 40.9 Å². The molecular weight excluding hydrogens is 378 g/mol. The zero-order valence-electron chi connectivity index (χ0n) is 15.8. The highest BCUT2D eigenvalue weighted by Crippen LogP contribution is 2.20. The van der Waals surface area contributed by atoms with Crippen LogP contribution in [0, 0.1) is 13.8 Å². The molecule has 7 heteroatoms. The maximum Gasteiger partial charge on any atom is 0.331 e. The Balaban J connectivity index is 1.66. The molecule has 0 bridgehead atoms. The minimum Gasteiger partial charge on any atom is -0.449 e. The van der Waals surface area contributed by atoms with Crippen LogP contribution in [0.5, 0.6) is 0 Å². The Morgan fingerprint density at radius 2 is 1.89 bits per heavy atom. The van der Waals surface area contributed by atoms with Gasteiger partial charge in [-0.1, -0.05) is 35.9 Å². The van der Waals surface area contributed by atoms with E-state index in [0.717, 1.165) is 16.8 Å². The Bertz CT molecular complexity index is 1050. The molecule has 0 saturated heterocycles. The molecule has 0 fully saturated rings. The number of rotatable bonds is 5.